The first-order valence-corrected chi connectivity index (χ1v) is 11.2. The van der Waals surface area contributed by atoms with Crippen LogP contribution in [0.15, 0.2) is 48.5 Å². The van der Waals surface area contributed by atoms with Crippen molar-refractivity contribution in [2.75, 3.05) is 24.5 Å². The first kappa shape index (κ1) is 22.1. The van der Waals surface area contributed by atoms with E-state index in [9.17, 15) is 9.18 Å². The van der Waals surface area contributed by atoms with Crippen LogP contribution in [0.25, 0.3) is 11.0 Å². The zero-order valence-corrected chi connectivity index (χ0v) is 19.0. The van der Waals surface area contributed by atoms with Crippen molar-refractivity contribution in [1.82, 2.24) is 14.9 Å². The summed E-state index contributed by atoms with van der Waals surface area (Å²) in [4.78, 5) is 19.3. The van der Waals surface area contributed by atoms with E-state index in [0.29, 0.717) is 19.0 Å². The van der Waals surface area contributed by atoms with Crippen molar-refractivity contribution in [3.63, 3.8) is 0 Å². The Morgan fingerprint density at radius 2 is 1.94 bits per heavy atom. The number of ether oxygens (including phenoxy) is 1. The van der Waals surface area contributed by atoms with Gasteiger partial charge in [-0.05, 0) is 69.4 Å². The van der Waals surface area contributed by atoms with Crippen LogP contribution < -0.4 is 10.2 Å². The first-order valence-electron chi connectivity index (χ1n) is 11.2. The maximum Gasteiger partial charge on any atom is 0.407 e. The average molecular weight is 439 g/mol. The lowest BCUT2D eigenvalue weighted by atomic mass is 9.98. The number of rotatable bonds is 5. The van der Waals surface area contributed by atoms with Crippen molar-refractivity contribution in [3.8, 4) is 0 Å². The summed E-state index contributed by atoms with van der Waals surface area (Å²) in [5, 5.41) is 2.92. The molecule has 2 heterocycles. The van der Waals surface area contributed by atoms with E-state index >= 15 is 0 Å². The molecule has 1 N–H and O–H groups in total. The van der Waals surface area contributed by atoms with E-state index in [-0.39, 0.29) is 11.9 Å². The highest BCUT2D eigenvalue weighted by Crippen LogP contribution is 2.28. The molecule has 1 atom stereocenters. The Morgan fingerprint density at radius 1 is 1.19 bits per heavy atom. The molecular weight excluding hydrogens is 407 g/mol. The number of amides is 1. The molecular formula is C25H31FN4O2. The minimum Gasteiger partial charge on any atom is -0.444 e. The van der Waals surface area contributed by atoms with Crippen LogP contribution in [0.3, 0.4) is 0 Å². The Kier molecular flexibility index (Phi) is 6.35. The SMILES string of the molecule is CC(C)(C)OC(=O)NC[C@@H]1CCCN(c2nc3ccccc3n2Cc2ccc(F)cc2)C1. The molecule has 0 aliphatic carbocycles. The van der Waals surface area contributed by atoms with Crippen LogP contribution in [-0.4, -0.2) is 40.9 Å². The van der Waals surface area contributed by atoms with Crippen LogP contribution in [0.4, 0.5) is 15.1 Å². The van der Waals surface area contributed by atoms with Crippen molar-refractivity contribution in [2.24, 2.45) is 5.92 Å². The van der Waals surface area contributed by atoms with Gasteiger partial charge in [0, 0.05) is 19.6 Å². The van der Waals surface area contributed by atoms with Gasteiger partial charge < -0.3 is 19.5 Å². The Balaban J connectivity index is 1.52. The molecule has 1 aliphatic heterocycles. The topological polar surface area (TPSA) is 59.4 Å². The monoisotopic (exact) mass is 438 g/mol. The van der Waals surface area contributed by atoms with Gasteiger partial charge in [-0.25, -0.2) is 14.2 Å². The third-order valence-electron chi connectivity index (χ3n) is 5.62. The number of nitrogens with zero attached hydrogens (tertiary/aromatic N) is 3. The number of carbonyl (C=O) groups excluding carboxylic acids is 1. The maximum absolute atomic E-state index is 13.4. The van der Waals surface area contributed by atoms with Gasteiger partial charge in [-0.1, -0.05) is 24.3 Å². The highest BCUT2D eigenvalue weighted by Gasteiger charge is 2.25. The van der Waals surface area contributed by atoms with E-state index in [4.69, 9.17) is 9.72 Å². The predicted octanol–water partition coefficient (Wildman–Crippen LogP) is 4.96. The smallest absolute Gasteiger partial charge is 0.407 e. The summed E-state index contributed by atoms with van der Waals surface area (Å²) >= 11 is 0. The molecule has 2 aromatic carbocycles. The van der Waals surface area contributed by atoms with Gasteiger partial charge in [0.15, 0.2) is 0 Å². The minimum absolute atomic E-state index is 0.235. The number of anilines is 1. The average Bonchev–Trinajstić information content (AvgIpc) is 3.11. The Hall–Kier alpha value is -3.09. The number of piperidine rings is 1. The zero-order chi connectivity index (χ0) is 22.7. The summed E-state index contributed by atoms with van der Waals surface area (Å²) in [6, 6.07) is 14.7. The predicted molar refractivity (Wildman–Crippen MR) is 124 cm³/mol. The van der Waals surface area contributed by atoms with Crippen LogP contribution in [-0.2, 0) is 11.3 Å². The second kappa shape index (κ2) is 9.18. The standard InChI is InChI=1S/C25H31FN4O2/c1-25(2,3)32-24(31)27-15-19-7-6-14-29(16-19)23-28-21-8-4-5-9-22(21)30(23)17-18-10-12-20(26)13-11-18/h4-5,8-13,19H,6-7,14-17H2,1-3H3,(H,27,31)/t19-/m0/s1. The van der Waals surface area contributed by atoms with Gasteiger partial charge in [0.2, 0.25) is 5.95 Å². The highest BCUT2D eigenvalue weighted by atomic mass is 19.1. The van der Waals surface area contributed by atoms with Crippen LogP contribution in [0.5, 0.6) is 0 Å². The molecule has 4 rings (SSSR count). The molecule has 170 valence electrons. The maximum atomic E-state index is 13.4. The summed E-state index contributed by atoms with van der Waals surface area (Å²) in [6.07, 6.45) is 1.70. The number of nitrogens with one attached hydrogen (secondary N) is 1. The molecule has 0 spiro atoms. The molecule has 0 radical (unpaired) electrons. The Morgan fingerprint density at radius 3 is 2.69 bits per heavy atom. The molecule has 0 unspecified atom stereocenters. The number of para-hydroxylation sites is 2. The number of carbonyl (C=O) groups is 1. The molecule has 1 amide bonds. The molecule has 1 saturated heterocycles. The van der Waals surface area contributed by atoms with Gasteiger partial charge in [0.25, 0.3) is 0 Å². The van der Waals surface area contributed by atoms with Gasteiger partial charge in [0.05, 0.1) is 17.6 Å². The van der Waals surface area contributed by atoms with Gasteiger partial charge in [-0.15, -0.1) is 0 Å². The molecule has 0 bridgehead atoms. The molecule has 1 fully saturated rings. The summed E-state index contributed by atoms with van der Waals surface area (Å²) in [6.45, 7) is 8.50. The van der Waals surface area contributed by atoms with Crippen LogP contribution in [0, 0.1) is 11.7 Å². The minimum atomic E-state index is -0.506. The van der Waals surface area contributed by atoms with E-state index in [1.807, 2.05) is 51.1 Å². The quantitative estimate of drug-likeness (QED) is 0.611. The third-order valence-corrected chi connectivity index (χ3v) is 5.62. The summed E-state index contributed by atoms with van der Waals surface area (Å²) < 4.78 is 21.0. The van der Waals surface area contributed by atoms with E-state index in [1.165, 1.54) is 12.1 Å². The fraction of sp³-hybridized carbons (Fsp3) is 0.440. The number of fused-ring (bicyclic) bond motifs is 1. The van der Waals surface area contributed by atoms with Gasteiger partial charge in [-0.2, -0.15) is 0 Å². The summed E-state index contributed by atoms with van der Waals surface area (Å²) in [5.74, 6) is 0.994. The van der Waals surface area contributed by atoms with Crippen molar-refractivity contribution < 1.29 is 13.9 Å². The van der Waals surface area contributed by atoms with E-state index < -0.39 is 5.60 Å². The number of hydrogen-bond donors (Lipinski definition) is 1. The lowest BCUT2D eigenvalue weighted by Gasteiger charge is -2.34. The van der Waals surface area contributed by atoms with Gasteiger partial charge >= 0.3 is 6.09 Å². The number of benzene rings is 2. The summed E-state index contributed by atoms with van der Waals surface area (Å²) in [5.41, 5.74) is 2.52. The molecule has 7 heteroatoms. The van der Waals surface area contributed by atoms with Gasteiger partial charge in [0.1, 0.15) is 11.4 Å². The highest BCUT2D eigenvalue weighted by molar-refractivity contribution is 5.79. The molecule has 1 aromatic heterocycles. The fourth-order valence-electron chi connectivity index (χ4n) is 4.19. The lowest BCUT2D eigenvalue weighted by Crippen LogP contribution is -2.43. The van der Waals surface area contributed by atoms with Gasteiger partial charge in [-0.3, -0.25) is 0 Å². The first-order chi connectivity index (χ1) is 15.3. The van der Waals surface area contributed by atoms with Crippen LogP contribution in [0.1, 0.15) is 39.2 Å². The molecule has 6 nitrogen and oxygen atoms in total. The number of imidazole rings is 1. The second-order valence-electron chi connectivity index (χ2n) is 9.45. The van der Waals surface area contributed by atoms with E-state index in [1.54, 1.807) is 0 Å². The third kappa shape index (κ3) is 5.39. The Bertz CT molecular complexity index is 1070. The lowest BCUT2D eigenvalue weighted by molar-refractivity contribution is 0.0517. The molecule has 0 saturated carbocycles. The van der Waals surface area contributed by atoms with E-state index in [2.05, 4.69) is 20.9 Å². The van der Waals surface area contributed by atoms with Crippen LogP contribution >= 0.6 is 0 Å². The van der Waals surface area contributed by atoms with E-state index in [0.717, 1.165) is 48.5 Å². The molecule has 3 aromatic rings. The largest absolute Gasteiger partial charge is 0.444 e. The zero-order valence-electron chi connectivity index (χ0n) is 19.0. The van der Waals surface area contributed by atoms with Crippen LogP contribution in [0.2, 0.25) is 0 Å². The summed E-state index contributed by atoms with van der Waals surface area (Å²) in [7, 11) is 0. The van der Waals surface area contributed by atoms with Crippen molar-refractivity contribution >= 4 is 23.1 Å². The number of hydrogen-bond acceptors (Lipinski definition) is 4. The van der Waals surface area contributed by atoms with Crippen molar-refractivity contribution in [3.05, 3.63) is 59.9 Å². The fourth-order valence-corrected chi connectivity index (χ4v) is 4.19. The van der Waals surface area contributed by atoms with Crippen molar-refractivity contribution in [1.29, 1.82) is 0 Å². The number of halogens is 1. The normalized spacial score (nSPS) is 16.9. The molecule has 32 heavy (non-hydrogen) atoms. The Labute approximate surface area is 188 Å². The second-order valence-corrected chi connectivity index (χ2v) is 9.45. The van der Waals surface area contributed by atoms with Crippen molar-refractivity contribution in [2.45, 2.75) is 45.8 Å². The molecule has 1 aliphatic rings. The number of aromatic nitrogens is 2. The number of alkyl carbamates (subject to hydrolysis) is 1.